The molecule has 0 radical (unpaired) electrons. The molecule has 21 heavy (non-hydrogen) atoms. The number of ether oxygens (including phenoxy) is 2. The summed E-state index contributed by atoms with van der Waals surface area (Å²) in [6.07, 6.45) is 1.26. The number of benzene rings is 1. The molecule has 7 nitrogen and oxygen atoms in total. The Morgan fingerprint density at radius 1 is 1.19 bits per heavy atom. The third-order valence-corrected chi connectivity index (χ3v) is 2.72. The zero-order chi connectivity index (χ0) is 15.1. The second-order valence-corrected chi connectivity index (χ2v) is 4.25. The van der Waals surface area contributed by atoms with Crippen molar-refractivity contribution in [2.24, 2.45) is 5.73 Å². The molecule has 0 spiro atoms. The second kappa shape index (κ2) is 7.30. The minimum Gasteiger partial charge on any atom is -0.494 e. The minimum atomic E-state index is -0.464. The molecule has 112 valence electrons. The van der Waals surface area contributed by atoms with Gasteiger partial charge in [0.25, 0.3) is 11.8 Å². The Morgan fingerprint density at radius 2 is 2.00 bits per heavy atom. The molecule has 0 aliphatic carbocycles. The van der Waals surface area contributed by atoms with Gasteiger partial charge in [-0.2, -0.15) is 0 Å². The van der Waals surface area contributed by atoms with Crippen LogP contribution in [-0.4, -0.2) is 38.1 Å². The van der Waals surface area contributed by atoms with Crippen molar-refractivity contribution in [1.82, 2.24) is 5.32 Å². The van der Waals surface area contributed by atoms with Crippen LogP contribution in [0.5, 0.6) is 0 Å². The van der Waals surface area contributed by atoms with Crippen LogP contribution in [0.4, 0.5) is 5.69 Å². The van der Waals surface area contributed by atoms with Crippen molar-refractivity contribution in [3.63, 3.8) is 0 Å². The SMILES string of the molecule is NCCNC(=O)c1ccccc1NC(=O)C1=COCCO1. The van der Waals surface area contributed by atoms with Crippen LogP contribution in [-0.2, 0) is 14.3 Å². The first-order chi connectivity index (χ1) is 10.2. The zero-order valence-corrected chi connectivity index (χ0v) is 11.4. The molecular weight excluding hydrogens is 274 g/mol. The van der Waals surface area contributed by atoms with Crippen molar-refractivity contribution in [2.45, 2.75) is 0 Å². The molecule has 0 fully saturated rings. The maximum atomic E-state index is 12.0. The molecule has 2 amide bonds. The summed E-state index contributed by atoms with van der Waals surface area (Å²) in [4.78, 5) is 24.0. The number of carbonyl (C=O) groups is 2. The number of hydrogen-bond acceptors (Lipinski definition) is 5. The molecule has 1 heterocycles. The van der Waals surface area contributed by atoms with E-state index in [1.807, 2.05) is 0 Å². The molecule has 0 aromatic heterocycles. The van der Waals surface area contributed by atoms with E-state index in [9.17, 15) is 9.59 Å². The standard InChI is InChI=1S/C14H17N3O4/c15-5-6-16-13(18)10-3-1-2-4-11(10)17-14(19)12-9-20-7-8-21-12/h1-4,9H,5-8,15H2,(H,16,18)(H,17,19). The molecular formula is C14H17N3O4. The Kier molecular flexibility index (Phi) is 5.16. The summed E-state index contributed by atoms with van der Waals surface area (Å²) in [6.45, 7) is 1.44. The number of nitrogens with two attached hydrogens (primary N) is 1. The van der Waals surface area contributed by atoms with Gasteiger partial charge >= 0.3 is 0 Å². The Bertz CT molecular complexity index is 557. The van der Waals surface area contributed by atoms with Crippen molar-refractivity contribution in [2.75, 3.05) is 31.6 Å². The molecule has 4 N–H and O–H groups in total. The smallest absolute Gasteiger partial charge is 0.294 e. The van der Waals surface area contributed by atoms with Crippen LogP contribution in [0.2, 0.25) is 0 Å². The van der Waals surface area contributed by atoms with Crippen LogP contribution in [0.3, 0.4) is 0 Å². The van der Waals surface area contributed by atoms with Gasteiger partial charge < -0.3 is 25.8 Å². The van der Waals surface area contributed by atoms with Crippen molar-refractivity contribution in [3.05, 3.63) is 41.9 Å². The van der Waals surface area contributed by atoms with E-state index in [1.165, 1.54) is 6.26 Å². The Morgan fingerprint density at radius 3 is 2.71 bits per heavy atom. The van der Waals surface area contributed by atoms with Crippen molar-refractivity contribution in [3.8, 4) is 0 Å². The van der Waals surface area contributed by atoms with Crippen LogP contribution in [0, 0.1) is 0 Å². The van der Waals surface area contributed by atoms with E-state index in [1.54, 1.807) is 24.3 Å². The van der Waals surface area contributed by atoms with E-state index in [4.69, 9.17) is 15.2 Å². The Labute approximate surface area is 122 Å². The lowest BCUT2D eigenvalue weighted by molar-refractivity contribution is -0.117. The van der Waals surface area contributed by atoms with Gasteiger partial charge in [-0.05, 0) is 12.1 Å². The van der Waals surface area contributed by atoms with E-state index < -0.39 is 5.91 Å². The topological polar surface area (TPSA) is 103 Å². The monoisotopic (exact) mass is 291 g/mol. The predicted molar refractivity (Wildman–Crippen MR) is 76.4 cm³/mol. The minimum absolute atomic E-state index is 0.0819. The van der Waals surface area contributed by atoms with Gasteiger partial charge in [-0.25, -0.2) is 0 Å². The summed E-state index contributed by atoms with van der Waals surface area (Å²) in [5, 5.41) is 5.29. The molecule has 1 aliphatic heterocycles. The van der Waals surface area contributed by atoms with Gasteiger partial charge in [-0.15, -0.1) is 0 Å². The van der Waals surface area contributed by atoms with Gasteiger partial charge in [0.15, 0.2) is 0 Å². The molecule has 0 bridgehead atoms. The van der Waals surface area contributed by atoms with Crippen molar-refractivity contribution in [1.29, 1.82) is 0 Å². The summed E-state index contributed by atoms with van der Waals surface area (Å²) >= 11 is 0. The highest BCUT2D eigenvalue weighted by atomic mass is 16.6. The van der Waals surface area contributed by atoms with E-state index in [0.717, 1.165) is 0 Å². The summed E-state index contributed by atoms with van der Waals surface area (Å²) in [7, 11) is 0. The van der Waals surface area contributed by atoms with Crippen LogP contribution in [0.15, 0.2) is 36.3 Å². The van der Waals surface area contributed by atoms with E-state index in [-0.39, 0.29) is 11.7 Å². The number of hydrogen-bond donors (Lipinski definition) is 3. The van der Waals surface area contributed by atoms with Gasteiger partial charge in [-0.3, -0.25) is 9.59 Å². The normalized spacial score (nSPS) is 13.5. The predicted octanol–water partition coefficient (Wildman–Crippen LogP) is 0.202. The second-order valence-electron chi connectivity index (χ2n) is 4.25. The molecule has 0 atom stereocenters. The summed E-state index contributed by atoms with van der Waals surface area (Å²) in [5.74, 6) is -0.682. The van der Waals surface area contributed by atoms with Crippen LogP contribution in [0.1, 0.15) is 10.4 Å². The average Bonchev–Trinajstić information content (AvgIpc) is 2.54. The maximum absolute atomic E-state index is 12.0. The first-order valence-corrected chi connectivity index (χ1v) is 6.55. The third kappa shape index (κ3) is 3.96. The molecule has 1 aromatic carbocycles. The van der Waals surface area contributed by atoms with E-state index >= 15 is 0 Å². The quantitative estimate of drug-likeness (QED) is 0.719. The van der Waals surface area contributed by atoms with Crippen molar-refractivity contribution >= 4 is 17.5 Å². The largest absolute Gasteiger partial charge is 0.494 e. The number of para-hydroxylation sites is 1. The molecule has 7 heteroatoms. The molecule has 1 aliphatic rings. The van der Waals surface area contributed by atoms with Crippen LogP contribution < -0.4 is 16.4 Å². The lowest BCUT2D eigenvalue weighted by atomic mass is 10.1. The van der Waals surface area contributed by atoms with E-state index in [0.29, 0.717) is 37.6 Å². The Hall–Kier alpha value is -2.54. The van der Waals surface area contributed by atoms with Crippen LogP contribution in [0.25, 0.3) is 0 Å². The lowest BCUT2D eigenvalue weighted by Gasteiger charge is -2.16. The zero-order valence-electron chi connectivity index (χ0n) is 11.4. The number of amides is 2. The fourth-order valence-corrected chi connectivity index (χ4v) is 1.74. The molecule has 0 saturated heterocycles. The summed E-state index contributed by atoms with van der Waals surface area (Å²) in [6, 6.07) is 6.70. The molecule has 1 aromatic rings. The number of rotatable bonds is 5. The van der Waals surface area contributed by atoms with Gasteiger partial charge in [0.2, 0.25) is 5.76 Å². The molecule has 2 rings (SSSR count). The maximum Gasteiger partial charge on any atom is 0.294 e. The number of anilines is 1. The number of nitrogens with one attached hydrogen (secondary N) is 2. The third-order valence-electron chi connectivity index (χ3n) is 2.72. The molecule has 0 saturated carbocycles. The highest BCUT2D eigenvalue weighted by Crippen LogP contribution is 2.16. The average molecular weight is 291 g/mol. The van der Waals surface area contributed by atoms with Crippen LogP contribution >= 0.6 is 0 Å². The van der Waals surface area contributed by atoms with Gasteiger partial charge in [-0.1, -0.05) is 12.1 Å². The first-order valence-electron chi connectivity index (χ1n) is 6.55. The van der Waals surface area contributed by atoms with Gasteiger partial charge in [0, 0.05) is 13.1 Å². The summed E-state index contributed by atoms with van der Waals surface area (Å²) in [5.41, 5.74) is 6.10. The van der Waals surface area contributed by atoms with E-state index in [2.05, 4.69) is 10.6 Å². The molecule has 0 unspecified atom stereocenters. The summed E-state index contributed by atoms with van der Waals surface area (Å²) < 4.78 is 10.2. The fraction of sp³-hybridized carbons (Fsp3) is 0.286. The fourth-order valence-electron chi connectivity index (χ4n) is 1.74. The van der Waals surface area contributed by atoms with Crippen molar-refractivity contribution < 1.29 is 19.1 Å². The van der Waals surface area contributed by atoms with Gasteiger partial charge in [0.05, 0.1) is 11.3 Å². The highest BCUT2D eigenvalue weighted by molar-refractivity contribution is 6.07. The first kappa shape index (κ1) is 14.9. The van der Waals surface area contributed by atoms with Gasteiger partial charge in [0.1, 0.15) is 19.5 Å². The number of carbonyl (C=O) groups excluding carboxylic acids is 2. The highest BCUT2D eigenvalue weighted by Gasteiger charge is 2.18. The lowest BCUT2D eigenvalue weighted by Crippen LogP contribution is -2.30. The Balaban J connectivity index is 2.10.